The molecule has 0 aliphatic carbocycles. The second-order valence-electron chi connectivity index (χ2n) is 8.66. The molecule has 13 heteroatoms. The van der Waals surface area contributed by atoms with Gasteiger partial charge in [-0.25, -0.2) is 13.8 Å². The number of carbonyl (C=O) groups is 1. The number of nitrogens with zero attached hydrogens (tertiary/aromatic N) is 4. The van der Waals surface area contributed by atoms with Gasteiger partial charge in [-0.2, -0.15) is 5.10 Å². The number of hydrazone groups is 1. The first kappa shape index (κ1) is 28.8. The van der Waals surface area contributed by atoms with E-state index in [0.717, 1.165) is 27.4 Å². The molecule has 0 atom stereocenters. The minimum atomic E-state index is -4.24. The van der Waals surface area contributed by atoms with Gasteiger partial charge in [-0.15, -0.1) is 0 Å². The van der Waals surface area contributed by atoms with Crippen LogP contribution in [0.1, 0.15) is 17.0 Å². The number of aromatic nitrogens is 1. The van der Waals surface area contributed by atoms with Crippen LogP contribution in [-0.2, 0) is 14.8 Å². The molecule has 0 spiro atoms. The Morgan fingerprint density at radius 1 is 1.02 bits per heavy atom. The molecule has 0 aliphatic heterocycles. The Morgan fingerprint density at radius 2 is 1.75 bits per heavy atom. The van der Waals surface area contributed by atoms with Gasteiger partial charge < -0.3 is 4.57 Å². The van der Waals surface area contributed by atoms with E-state index >= 15 is 0 Å². The molecule has 1 amide bonds. The Hall–Kier alpha value is -4.19. The highest BCUT2D eigenvalue weighted by Gasteiger charge is 2.28. The molecule has 4 aromatic rings. The number of nitrogens with one attached hydrogen (secondary N) is 1. The standard InChI is InChI=1S/C27H23Cl2N5O5S/c1-18-13-20(19(2)33(18)22-11-12-25(28)26(29)15-22)16-30-31-27(35)17-32(21-7-6-8-23(14-21)34(36)37)40(38,39)24-9-4-3-5-10-24/h3-16H,17H2,1-2H3,(H,31,35)/b30-16+. The number of nitro benzene ring substituents is 1. The third-order valence-corrected chi connectivity index (χ3v) is 8.50. The number of hydrogen-bond donors (Lipinski definition) is 1. The SMILES string of the molecule is Cc1cc(/C=N/NC(=O)CN(c2cccc([N+](=O)[O-])c2)S(=O)(=O)c2ccccc2)c(C)n1-c1ccc(Cl)c(Cl)c1. The predicted octanol–water partition coefficient (Wildman–Crippen LogP) is 5.65. The number of anilines is 1. The molecular weight excluding hydrogens is 577 g/mol. The first-order valence-electron chi connectivity index (χ1n) is 11.8. The number of hydrogen-bond acceptors (Lipinski definition) is 6. The van der Waals surface area contributed by atoms with Crippen molar-refractivity contribution < 1.29 is 18.1 Å². The number of nitro groups is 1. The smallest absolute Gasteiger partial charge is 0.271 e. The van der Waals surface area contributed by atoms with E-state index in [0.29, 0.717) is 15.6 Å². The summed E-state index contributed by atoms with van der Waals surface area (Å²) in [5.74, 6) is -0.749. The highest BCUT2D eigenvalue weighted by atomic mass is 35.5. The van der Waals surface area contributed by atoms with Crippen LogP contribution in [0.4, 0.5) is 11.4 Å². The lowest BCUT2D eigenvalue weighted by atomic mass is 10.2. The first-order valence-corrected chi connectivity index (χ1v) is 14.0. The second-order valence-corrected chi connectivity index (χ2v) is 11.3. The van der Waals surface area contributed by atoms with Gasteiger partial charge in [-0.3, -0.25) is 19.2 Å². The maximum atomic E-state index is 13.4. The van der Waals surface area contributed by atoms with Crippen molar-refractivity contribution in [2.24, 2.45) is 5.10 Å². The van der Waals surface area contributed by atoms with E-state index in [1.807, 2.05) is 30.5 Å². The molecule has 0 radical (unpaired) electrons. The normalized spacial score (nSPS) is 11.5. The minimum Gasteiger partial charge on any atom is -0.318 e. The topological polar surface area (TPSA) is 127 Å². The zero-order valence-corrected chi connectivity index (χ0v) is 23.6. The number of amides is 1. The summed E-state index contributed by atoms with van der Waals surface area (Å²) in [6.07, 6.45) is 1.44. The van der Waals surface area contributed by atoms with Crippen LogP contribution in [0.25, 0.3) is 5.69 Å². The Morgan fingerprint density at radius 3 is 2.42 bits per heavy atom. The van der Waals surface area contributed by atoms with Crippen molar-refractivity contribution in [2.75, 3.05) is 10.8 Å². The van der Waals surface area contributed by atoms with Gasteiger partial charge in [-0.1, -0.05) is 47.5 Å². The molecule has 1 N–H and O–H groups in total. The summed E-state index contributed by atoms with van der Waals surface area (Å²) in [6.45, 7) is 3.10. The number of halogens is 2. The van der Waals surface area contributed by atoms with Gasteiger partial charge in [0.15, 0.2) is 0 Å². The lowest BCUT2D eigenvalue weighted by molar-refractivity contribution is -0.384. The van der Waals surface area contributed by atoms with Gasteiger partial charge in [0.2, 0.25) is 0 Å². The van der Waals surface area contributed by atoms with Gasteiger partial charge in [-0.05, 0) is 56.3 Å². The molecule has 3 aromatic carbocycles. The van der Waals surface area contributed by atoms with Crippen LogP contribution in [-0.4, -0.2) is 36.6 Å². The van der Waals surface area contributed by atoms with Crippen LogP contribution in [0.5, 0.6) is 0 Å². The van der Waals surface area contributed by atoms with Crippen molar-refractivity contribution in [3.8, 4) is 5.69 Å². The van der Waals surface area contributed by atoms with E-state index in [-0.39, 0.29) is 16.3 Å². The molecule has 0 saturated carbocycles. The molecule has 0 fully saturated rings. The molecule has 0 bridgehead atoms. The lowest BCUT2D eigenvalue weighted by Gasteiger charge is -2.23. The zero-order valence-electron chi connectivity index (χ0n) is 21.3. The third-order valence-electron chi connectivity index (χ3n) is 5.97. The van der Waals surface area contributed by atoms with Gasteiger partial charge >= 0.3 is 0 Å². The molecule has 0 aliphatic rings. The predicted molar refractivity (Wildman–Crippen MR) is 155 cm³/mol. The lowest BCUT2D eigenvalue weighted by Crippen LogP contribution is -2.39. The van der Waals surface area contributed by atoms with Crippen molar-refractivity contribution in [1.82, 2.24) is 9.99 Å². The van der Waals surface area contributed by atoms with Crippen LogP contribution in [0.3, 0.4) is 0 Å². The molecular formula is C27H23Cl2N5O5S. The highest BCUT2D eigenvalue weighted by Crippen LogP contribution is 2.28. The molecule has 10 nitrogen and oxygen atoms in total. The van der Waals surface area contributed by atoms with Gasteiger partial charge in [0.05, 0.1) is 31.8 Å². The summed E-state index contributed by atoms with van der Waals surface area (Å²) in [5, 5.41) is 16.2. The summed E-state index contributed by atoms with van der Waals surface area (Å²) in [7, 11) is -4.24. The molecule has 0 unspecified atom stereocenters. The number of aryl methyl sites for hydroxylation is 1. The average Bonchev–Trinajstić information content (AvgIpc) is 3.21. The van der Waals surface area contributed by atoms with Gasteiger partial charge in [0, 0.05) is 34.8 Å². The van der Waals surface area contributed by atoms with Crippen molar-refractivity contribution in [1.29, 1.82) is 0 Å². The minimum absolute atomic E-state index is 0.0395. The second kappa shape index (κ2) is 11.9. The summed E-state index contributed by atoms with van der Waals surface area (Å²) in [5.41, 5.74) is 5.19. The number of sulfonamides is 1. The third kappa shape index (κ3) is 6.17. The van der Waals surface area contributed by atoms with Crippen LogP contribution >= 0.6 is 23.2 Å². The van der Waals surface area contributed by atoms with E-state index in [4.69, 9.17) is 23.2 Å². The highest BCUT2D eigenvalue weighted by molar-refractivity contribution is 7.92. The van der Waals surface area contributed by atoms with E-state index < -0.39 is 27.4 Å². The van der Waals surface area contributed by atoms with Crippen LogP contribution in [0, 0.1) is 24.0 Å². The maximum absolute atomic E-state index is 13.4. The van der Waals surface area contributed by atoms with Crippen molar-refractivity contribution in [3.05, 3.63) is 116 Å². The fourth-order valence-corrected chi connectivity index (χ4v) is 5.80. The number of benzene rings is 3. The van der Waals surface area contributed by atoms with Crippen molar-refractivity contribution >= 4 is 56.7 Å². The van der Waals surface area contributed by atoms with Crippen LogP contribution in [0.15, 0.2) is 88.9 Å². The first-order chi connectivity index (χ1) is 19.0. The molecule has 1 heterocycles. The van der Waals surface area contributed by atoms with Crippen molar-refractivity contribution in [2.45, 2.75) is 18.7 Å². The van der Waals surface area contributed by atoms with E-state index in [1.54, 1.807) is 18.2 Å². The molecule has 0 saturated heterocycles. The summed E-state index contributed by atoms with van der Waals surface area (Å²) >= 11 is 12.2. The number of carbonyl (C=O) groups excluding carboxylic acids is 1. The summed E-state index contributed by atoms with van der Waals surface area (Å²) < 4.78 is 29.6. The monoisotopic (exact) mass is 599 g/mol. The fourth-order valence-electron chi connectivity index (χ4n) is 4.08. The Kier molecular flexibility index (Phi) is 8.58. The largest absolute Gasteiger partial charge is 0.318 e. The maximum Gasteiger partial charge on any atom is 0.271 e. The Balaban J connectivity index is 1.58. The number of non-ortho nitro benzene ring substituents is 1. The van der Waals surface area contributed by atoms with E-state index in [1.165, 1.54) is 48.7 Å². The fraction of sp³-hybridized carbons (Fsp3) is 0.111. The Bertz CT molecular complexity index is 1720. The number of rotatable bonds is 9. The quantitative estimate of drug-likeness (QED) is 0.151. The van der Waals surface area contributed by atoms with Gasteiger partial charge in [0.25, 0.3) is 21.6 Å². The van der Waals surface area contributed by atoms with Crippen molar-refractivity contribution in [3.63, 3.8) is 0 Å². The van der Waals surface area contributed by atoms with E-state index in [2.05, 4.69) is 10.5 Å². The molecule has 40 heavy (non-hydrogen) atoms. The molecule has 4 rings (SSSR count). The zero-order chi connectivity index (χ0) is 29.0. The van der Waals surface area contributed by atoms with Crippen LogP contribution < -0.4 is 9.73 Å². The Labute approximate surface area is 240 Å². The van der Waals surface area contributed by atoms with Crippen LogP contribution in [0.2, 0.25) is 10.0 Å². The molecule has 206 valence electrons. The summed E-state index contributed by atoms with van der Waals surface area (Å²) in [6, 6.07) is 19.7. The van der Waals surface area contributed by atoms with Gasteiger partial charge in [0.1, 0.15) is 6.54 Å². The average molecular weight is 600 g/mol. The van der Waals surface area contributed by atoms with E-state index in [9.17, 15) is 23.3 Å². The summed E-state index contributed by atoms with van der Waals surface area (Å²) in [4.78, 5) is 23.4. The molecule has 1 aromatic heterocycles.